The minimum atomic E-state index is -0.0529. The zero-order chi connectivity index (χ0) is 11.4. The molecule has 0 atom stereocenters. The van der Waals surface area contributed by atoms with Gasteiger partial charge in [-0.1, -0.05) is 19.3 Å². The molecular weight excluding hydrogens is 258 g/mol. The number of nitrogens with one attached hydrogen (secondary N) is 1. The molecule has 0 spiro atoms. The third kappa shape index (κ3) is 3.94. The van der Waals surface area contributed by atoms with Crippen molar-refractivity contribution in [1.29, 1.82) is 0 Å². The highest BCUT2D eigenvalue weighted by atomic mass is 35.5. The average molecular weight is 276 g/mol. The molecule has 4 nitrogen and oxygen atoms in total. The van der Waals surface area contributed by atoms with Gasteiger partial charge in [0, 0.05) is 18.0 Å². The van der Waals surface area contributed by atoms with Gasteiger partial charge in [0.15, 0.2) is 0 Å². The summed E-state index contributed by atoms with van der Waals surface area (Å²) in [4.78, 5) is 16.0. The number of amides is 1. The minimum absolute atomic E-state index is 0. The molecule has 0 saturated heterocycles. The van der Waals surface area contributed by atoms with Crippen LogP contribution in [-0.2, 0) is 6.54 Å². The van der Waals surface area contributed by atoms with Gasteiger partial charge in [-0.15, -0.1) is 23.7 Å². The van der Waals surface area contributed by atoms with Crippen molar-refractivity contribution < 1.29 is 4.79 Å². The van der Waals surface area contributed by atoms with E-state index < -0.39 is 0 Å². The molecule has 1 aliphatic carbocycles. The standard InChI is InChI=1S/C11H17N3OS.ClH/c12-6-10-14-9(7-16-10)11(15)13-8-4-2-1-3-5-8;/h7-8H,1-6,12H2,(H,13,15);1H. The fourth-order valence-electron chi connectivity index (χ4n) is 2.02. The minimum Gasteiger partial charge on any atom is -0.348 e. The van der Waals surface area contributed by atoms with Crippen LogP contribution in [0.25, 0.3) is 0 Å². The van der Waals surface area contributed by atoms with Crippen LogP contribution in [0, 0.1) is 0 Å². The van der Waals surface area contributed by atoms with E-state index in [0.717, 1.165) is 17.8 Å². The SMILES string of the molecule is Cl.NCc1nc(C(=O)NC2CCCCC2)cs1. The van der Waals surface area contributed by atoms with Crippen molar-refractivity contribution in [2.75, 3.05) is 0 Å². The molecule has 0 unspecified atom stereocenters. The number of hydrogen-bond donors (Lipinski definition) is 2. The Morgan fingerprint density at radius 1 is 1.47 bits per heavy atom. The largest absolute Gasteiger partial charge is 0.348 e. The summed E-state index contributed by atoms with van der Waals surface area (Å²) in [5.74, 6) is -0.0529. The van der Waals surface area contributed by atoms with Crippen molar-refractivity contribution >= 4 is 29.7 Å². The summed E-state index contributed by atoms with van der Waals surface area (Å²) < 4.78 is 0. The van der Waals surface area contributed by atoms with E-state index in [9.17, 15) is 4.79 Å². The fraction of sp³-hybridized carbons (Fsp3) is 0.636. The maximum Gasteiger partial charge on any atom is 0.270 e. The Labute approximate surface area is 111 Å². The van der Waals surface area contributed by atoms with Crippen LogP contribution in [0.15, 0.2) is 5.38 Å². The van der Waals surface area contributed by atoms with Crippen molar-refractivity contribution in [3.8, 4) is 0 Å². The number of nitrogens with zero attached hydrogens (tertiary/aromatic N) is 1. The molecule has 17 heavy (non-hydrogen) atoms. The molecule has 0 bridgehead atoms. The van der Waals surface area contributed by atoms with Crippen LogP contribution in [0.1, 0.15) is 47.6 Å². The number of hydrogen-bond acceptors (Lipinski definition) is 4. The van der Waals surface area contributed by atoms with E-state index in [2.05, 4.69) is 10.3 Å². The van der Waals surface area contributed by atoms with E-state index in [1.807, 2.05) is 0 Å². The zero-order valence-corrected chi connectivity index (χ0v) is 11.3. The summed E-state index contributed by atoms with van der Waals surface area (Å²) in [6.07, 6.45) is 5.92. The van der Waals surface area contributed by atoms with Crippen LogP contribution in [0.2, 0.25) is 0 Å². The normalized spacial score (nSPS) is 16.3. The molecule has 1 aliphatic rings. The van der Waals surface area contributed by atoms with Crippen LogP contribution in [0.4, 0.5) is 0 Å². The first-order valence-corrected chi connectivity index (χ1v) is 6.63. The van der Waals surface area contributed by atoms with Crippen molar-refractivity contribution in [1.82, 2.24) is 10.3 Å². The first-order valence-electron chi connectivity index (χ1n) is 5.75. The van der Waals surface area contributed by atoms with Gasteiger partial charge < -0.3 is 11.1 Å². The molecule has 0 aliphatic heterocycles. The maximum atomic E-state index is 11.8. The highest BCUT2D eigenvalue weighted by molar-refractivity contribution is 7.09. The van der Waals surface area contributed by atoms with Crippen LogP contribution >= 0.6 is 23.7 Å². The quantitative estimate of drug-likeness (QED) is 0.888. The van der Waals surface area contributed by atoms with E-state index in [-0.39, 0.29) is 18.3 Å². The third-order valence-electron chi connectivity index (χ3n) is 2.90. The van der Waals surface area contributed by atoms with Crippen molar-refractivity contribution in [2.24, 2.45) is 5.73 Å². The molecule has 0 radical (unpaired) electrons. The van der Waals surface area contributed by atoms with Gasteiger partial charge in [-0.2, -0.15) is 0 Å². The number of carbonyl (C=O) groups is 1. The molecule has 6 heteroatoms. The van der Waals surface area contributed by atoms with Crippen LogP contribution in [0.3, 0.4) is 0 Å². The number of thiazole rings is 1. The third-order valence-corrected chi connectivity index (χ3v) is 3.77. The van der Waals surface area contributed by atoms with Crippen molar-refractivity contribution in [3.63, 3.8) is 0 Å². The first-order chi connectivity index (χ1) is 7.79. The Morgan fingerprint density at radius 2 is 2.18 bits per heavy atom. The summed E-state index contributed by atoms with van der Waals surface area (Å²) in [5.41, 5.74) is 5.97. The number of aromatic nitrogens is 1. The van der Waals surface area contributed by atoms with Gasteiger partial charge in [0.1, 0.15) is 10.7 Å². The Kier molecular flexibility index (Phi) is 5.88. The number of nitrogens with two attached hydrogens (primary N) is 1. The summed E-state index contributed by atoms with van der Waals surface area (Å²) in [7, 11) is 0. The van der Waals surface area contributed by atoms with E-state index >= 15 is 0 Å². The predicted octanol–water partition coefficient (Wildman–Crippen LogP) is 2.09. The molecule has 1 fully saturated rings. The van der Waals surface area contributed by atoms with Gasteiger partial charge in [-0.05, 0) is 12.8 Å². The van der Waals surface area contributed by atoms with E-state index in [0.29, 0.717) is 18.3 Å². The molecule has 1 amide bonds. The zero-order valence-electron chi connectivity index (χ0n) is 9.65. The van der Waals surface area contributed by atoms with Crippen molar-refractivity contribution in [3.05, 3.63) is 16.1 Å². The maximum absolute atomic E-state index is 11.8. The monoisotopic (exact) mass is 275 g/mol. The Hall–Kier alpha value is -0.650. The number of rotatable bonds is 3. The van der Waals surface area contributed by atoms with Gasteiger partial charge in [-0.25, -0.2) is 4.98 Å². The molecular formula is C11H18ClN3OS. The topological polar surface area (TPSA) is 68.0 Å². The van der Waals surface area contributed by atoms with Gasteiger partial charge >= 0.3 is 0 Å². The Morgan fingerprint density at radius 3 is 2.76 bits per heavy atom. The second kappa shape index (κ2) is 6.93. The van der Waals surface area contributed by atoms with Crippen molar-refractivity contribution in [2.45, 2.75) is 44.7 Å². The van der Waals surface area contributed by atoms with E-state index in [1.54, 1.807) is 5.38 Å². The second-order valence-electron chi connectivity index (χ2n) is 4.14. The molecule has 3 N–H and O–H groups in total. The number of carbonyl (C=O) groups excluding carboxylic acids is 1. The fourth-order valence-corrected chi connectivity index (χ4v) is 2.67. The second-order valence-corrected chi connectivity index (χ2v) is 5.08. The van der Waals surface area contributed by atoms with Gasteiger partial charge in [0.2, 0.25) is 0 Å². The molecule has 2 rings (SSSR count). The molecule has 1 saturated carbocycles. The Bertz CT molecular complexity index is 363. The molecule has 0 aromatic carbocycles. The summed E-state index contributed by atoms with van der Waals surface area (Å²) in [5, 5.41) is 5.63. The predicted molar refractivity (Wildman–Crippen MR) is 71.6 cm³/mol. The van der Waals surface area contributed by atoms with Crippen LogP contribution in [0.5, 0.6) is 0 Å². The molecule has 1 aromatic heterocycles. The molecule has 1 heterocycles. The lowest BCUT2D eigenvalue weighted by Gasteiger charge is -2.22. The highest BCUT2D eigenvalue weighted by Gasteiger charge is 2.17. The van der Waals surface area contributed by atoms with Crippen LogP contribution in [-0.4, -0.2) is 16.9 Å². The molecule has 96 valence electrons. The lowest BCUT2D eigenvalue weighted by atomic mass is 9.95. The lowest BCUT2D eigenvalue weighted by molar-refractivity contribution is 0.0923. The van der Waals surface area contributed by atoms with Gasteiger partial charge in [-0.3, -0.25) is 4.79 Å². The van der Waals surface area contributed by atoms with Gasteiger partial charge in [0.05, 0.1) is 0 Å². The smallest absolute Gasteiger partial charge is 0.270 e. The van der Waals surface area contributed by atoms with E-state index in [1.165, 1.54) is 30.6 Å². The number of halogens is 1. The summed E-state index contributed by atoms with van der Waals surface area (Å²) in [6, 6.07) is 0.337. The summed E-state index contributed by atoms with van der Waals surface area (Å²) >= 11 is 1.44. The van der Waals surface area contributed by atoms with E-state index in [4.69, 9.17) is 5.73 Å². The lowest BCUT2D eigenvalue weighted by Crippen LogP contribution is -2.36. The molecule has 1 aromatic rings. The Balaban J connectivity index is 0.00000144. The van der Waals surface area contributed by atoms with Crippen LogP contribution < -0.4 is 11.1 Å². The summed E-state index contributed by atoms with van der Waals surface area (Å²) in [6.45, 7) is 0.404. The average Bonchev–Trinajstić information content (AvgIpc) is 2.79. The van der Waals surface area contributed by atoms with Gasteiger partial charge in [0.25, 0.3) is 5.91 Å². The highest BCUT2D eigenvalue weighted by Crippen LogP contribution is 2.18. The first kappa shape index (κ1) is 14.4.